The summed E-state index contributed by atoms with van der Waals surface area (Å²) in [5.74, 6) is 0.183. The van der Waals surface area contributed by atoms with Crippen LogP contribution in [-0.4, -0.2) is 42.4 Å². The second kappa shape index (κ2) is 13.2. The Balaban J connectivity index is 2.22. The van der Waals surface area contributed by atoms with Crippen LogP contribution in [0, 0.1) is 0 Å². The number of nitrogens with zero attached hydrogens (tertiary/aromatic N) is 1. The molecule has 0 saturated carbocycles. The highest BCUT2D eigenvalue weighted by molar-refractivity contribution is 5.88. The zero-order valence-corrected chi connectivity index (χ0v) is 15.5. The average molecular weight is 340 g/mol. The average Bonchev–Trinajstić information content (AvgIpc) is 3.07. The van der Waals surface area contributed by atoms with Gasteiger partial charge in [-0.05, 0) is 38.6 Å². The van der Waals surface area contributed by atoms with Gasteiger partial charge in [-0.3, -0.25) is 9.59 Å². The van der Waals surface area contributed by atoms with Gasteiger partial charge < -0.3 is 16.0 Å². The van der Waals surface area contributed by atoms with Gasteiger partial charge in [-0.2, -0.15) is 0 Å². The molecule has 0 unspecified atom stereocenters. The van der Waals surface area contributed by atoms with Gasteiger partial charge in [-0.15, -0.1) is 0 Å². The fourth-order valence-electron chi connectivity index (χ4n) is 3.31. The molecule has 1 rings (SSSR count). The van der Waals surface area contributed by atoms with Crippen LogP contribution in [-0.2, 0) is 9.59 Å². The van der Waals surface area contributed by atoms with Gasteiger partial charge in [0.15, 0.2) is 0 Å². The summed E-state index contributed by atoms with van der Waals surface area (Å²) in [6.45, 7) is 4.34. The maximum Gasteiger partial charge on any atom is 0.242 e. The Hall–Kier alpha value is -1.10. The van der Waals surface area contributed by atoms with E-state index in [2.05, 4.69) is 12.2 Å². The second-order valence-electron chi connectivity index (χ2n) is 6.90. The number of nitrogens with two attached hydrogens (primary N) is 1. The van der Waals surface area contributed by atoms with Crippen molar-refractivity contribution in [2.24, 2.45) is 5.73 Å². The van der Waals surface area contributed by atoms with Crippen molar-refractivity contribution < 1.29 is 9.59 Å². The van der Waals surface area contributed by atoms with E-state index in [0.717, 1.165) is 51.5 Å². The van der Waals surface area contributed by atoms with Crippen LogP contribution in [0.15, 0.2) is 0 Å². The molecule has 0 radical (unpaired) electrons. The van der Waals surface area contributed by atoms with Crippen LogP contribution in [0.1, 0.15) is 84.0 Å². The van der Waals surface area contributed by atoms with Gasteiger partial charge in [0, 0.05) is 19.5 Å². The molecule has 2 amide bonds. The first-order valence-corrected chi connectivity index (χ1v) is 9.98. The van der Waals surface area contributed by atoms with Crippen LogP contribution in [0.25, 0.3) is 0 Å². The van der Waals surface area contributed by atoms with E-state index in [9.17, 15) is 9.59 Å². The summed E-state index contributed by atoms with van der Waals surface area (Å²) < 4.78 is 0. The molecule has 1 fully saturated rings. The van der Waals surface area contributed by atoms with Crippen LogP contribution >= 0.6 is 0 Å². The number of hydrogen-bond acceptors (Lipinski definition) is 3. The van der Waals surface area contributed by atoms with Crippen molar-refractivity contribution in [2.75, 3.05) is 19.6 Å². The molecule has 5 nitrogen and oxygen atoms in total. The number of carbonyl (C=O) groups excluding carboxylic acids is 2. The third-order valence-electron chi connectivity index (χ3n) is 4.80. The minimum Gasteiger partial charge on any atom is -0.354 e. The maximum absolute atomic E-state index is 12.4. The maximum atomic E-state index is 12.4. The fraction of sp³-hybridized carbons (Fsp3) is 0.895. The van der Waals surface area contributed by atoms with Gasteiger partial charge in [0.25, 0.3) is 0 Å². The molecule has 1 saturated heterocycles. The normalized spacial score (nSPS) is 17.2. The molecule has 0 aromatic carbocycles. The molecule has 1 heterocycles. The minimum atomic E-state index is -0.243. The Morgan fingerprint density at radius 1 is 1.04 bits per heavy atom. The molecule has 1 aliphatic rings. The predicted molar refractivity (Wildman–Crippen MR) is 98.6 cm³/mol. The van der Waals surface area contributed by atoms with Gasteiger partial charge in [-0.1, -0.05) is 45.4 Å². The lowest BCUT2D eigenvalue weighted by molar-refractivity contribution is -0.138. The third kappa shape index (κ3) is 8.13. The Kier molecular flexibility index (Phi) is 11.5. The Labute approximate surface area is 147 Å². The zero-order valence-electron chi connectivity index (χ0n) is 15.5. The van der Waals surface area contributed by atoms with Crippen molar-refractivity contribution >= 4 is 11.8 Å². The molecule has 1 atom stereocenters. The molecule has 0 bridgehead atoms. The van der Waals surface area contributed by atoms with Crippen LogP contribution < -0.4 is 11.1 Å². The second-order valence-corrected chi connectivity index (χ2v) is 6.90. The molecule has 140 valence electrons. The smallest absolute Gasteiger partial charge is 0.242 e. The van der Waals surface area contributed by atoms with Gasteiger partial charge in [0.05, 0.1) is 0 Å². The van der Waals surface area contributed by atoms with Crippen molar-refractivity contribution in [1.29, 1.82) is 0 Å². The lowest BCUT2D eigenvalue weighted by Crippen LogP contribution is -2.46. The van der Waals surface area contributed by atoms with Crippen LogP contribution in [0.3, 0.4) is 0 Å². The van der Waals surface area contributed by atoms with Gasteiger partial charge in [-0.25, -0.2) is 0 Å². The van der Waals surface area contributed by atoms with Gasteiger partial charge in [0.2, 0.25) is 11.8 Å². The van der Waals surface area contributed by atoms with E-state index in [1.807, 2.05) is 0 Å². The van der Waals surface area contributed by atoms with E-state index in [1.54, 1.807) is 4.90 Å². The molecule has 1 aliphatic heterocycles. The van der Waals surface area contributed by atoms with E-state index in [0.29, 0.717) is 19.5 Å². The number of likely N-dealkylation sites (tertiary alicyclic amines) is 1. The molecular formula is C19H37N3O2. The molecule has 0 aromatic heterocycles. The summed E-state index contributed by atoms with van der Waals surface area (Å²) in [6.07, 6.45) is 12.4. The van der Waals surface area contributed by atoms with Crippen molar-refractivity contribution in [3.8, 4) is 0 Å². The summed E-state index contributed by atoms with van der Waals surface area (Å²) in [6, 6.07) is -0.243. The molecule has 3 N–H and O–H groups in total. The molecular weight excluding hydrogens is 302 g/mol. The number of rotatable bonds is 13. The van der Waals surface area contributed by atoms with E-state index >= 15 is 0 Å². The summed E-state index contributed by atoms with van der Waals surface area (Å²) in [5.41, 5.74) is 5.46. The highest BCUT2D eigenvalue weighted by atomic mass is 16.2. The first kappa shape index (κ1) is 20.9. The minimum absolute atomic E-state index is 0.0246. The first-order chi connectivity index (χ1) is 11.7. The number of amides is 2. The number of unbranched alkanes of at least 4 members (excludes halogenated alkanes) is 7. The SMILES string of the molecule is CCCCCCCCC(=O)N1CCC[C@H]1C(=O)NCCCCCN. The number of carbonyl (C=O) groups is 2. The van der Waals surface area contributed by atoms with E-state index < -0.39 is 0 Å². The van der Waals surface area contributed by atoms with Crippen LogP contribution in [0.4, 0.5) is 0 Å². The summed E-state index contributed by atoms with van der Waals surface area (Å²) >= 11 is 0. The monoisotopic (exact) mass is 339 g/mol. The van der Waals surface area contributed by atoms with Crippen molar-refractivity contribution in [3.63, 3.8) is 0 Å². The van der Waals surface area contributed by atoms with Crippen molar-refractivity contribution in [2.45, 2.75) is 90.0 Å². The molecule has 0 aromatic rings. The van der Waals surface area contributed by atoms with E-state index in [4.69, 9.17) is 5.73 Å². The highest BCUT2D eigenvalue weighted by Crippen LogP contribution is 2.19. The predicted octanol–water partition coefficient (Wildman–Crippen LogP) is 2.97. The third-order valence-corrected chi connectivity index (χ3v) is 4.80. The van der Waals surface area contributed by atoms with Gasteiger partial charge >= 0.3 is 0 Å². The largest absolute Gasteiger partial charge is 0.354 e. The van der Waals surface area contributed by atoms with E-state index in [1.165, 1.54) is 25.7 Å². The van der Waals surface area contributed by atoms with Gasteiger partial charge in [0.1, 0.15) is 6.04 Å². The fourth-order valence-corrected chi connectivity index (χ4v) is 3.31. The summed E-state index contributed by atoms with van der Waals surface area (Å²) in [5, 5.41) is 2.99. The summed E-state index contributed by atoms with van der Waals surface area (Å²) in [4.78, 5) is 26.5. The standard InChI is InChI=1S/C19H37N3O2/c1-2-3-4-5-6-8-13-18(23)22-16-11-12-17(22)19(24)21-15-10-7-9-14-20/h17H,2-16,20H2,1H3,(H,21,24)/t17-/m0/s1. The highest BCUT2D eigenvalue weighted by Gasteiger charge is 2.33. The summed E-state index contributed by atoms with van der Waals surface area (Å²) in [7, 11) is 0. The lowest BCUT2D eigenvalue weighted by Gasteiger charge is -2.24. The zero-order chi connectivity index (χ0) is 17.6. The first-order valence-electron chi connectivity index (χ1n) is 9.98. The Bertz CT molecular complexity index is 361. The Morgan fingerprint density at radius 3 is 2.50 bits per heavy atom. The lowest BCUT2D eigenvalue weighted by atomic mass is 10.1. The molecule has 24 heavy (non-hydrogen) atoms. The molecule has 0 aliphatic carbocycles. The number of hydrogen-bond donors (Lipinski definition) is 2. The van der Waals surface area contributed by atoms with E-state index in [-0.39, 0.29) is 17.9 Å². The molecule has 5 heteroatoms. The topological polar surface area (TPSA) is 75.4 Å². The quantitative estimate of drug-likeness (QED) is 0.507. The van der Waals surface area contributed by atoms with Crippen LogP contribution in [0.5, 0.6) is 0 Å². The van der Waals surface area contributed by atoms with Crippen LogP contribution in [0.2, 0.25) is 0 Å². The van der Waals surface area contributed by atoms with Crippen molar-refractivity contribution in [1.82, 2.24) is 10.2 Å². The Morgan fingerprint density at radius 2 is 1.75 bits per heavy atom. The molecule has 0 spiro atoms. The van der Waals surface area contributed by atoms with Crippen molar-refractivity contribution in [3.05, 3.63) is 0 Å². The number of nitrogens with one attached hydrogen (secondary N) is 1.